The summed E-state index contributed by atoms with van der Waals surface area (Å²) in [6.45, 7) is 6.14. The number of hydrogen-bond acceptors (Lipinski definition) is 3. The van der Waals surface area contributed by atoms with Crippen LogP contribution in [0.3, 0.4) is 0 Å². The maximum absolute atomic E-state index is 14.7. The Kier molecular flexibility index (Phi) is 8.04. The molecular weight excluding hydrogens is 403 g/mol. The van der Waals surface area contributed by atoms with Crippen LogP contribution in [0.2, 0.25) is 0 Å². The first-order valence-corrected chi connectivity index (χ1v) is 11.1. The van der Waals surface area contributed by atoms with Crippen LogP contribution in [0, 0.1) is 11.7 Å². The maximum atomic E-state index is 14.7. The van der Waals surface area contributed by atoms with Gasteiger partial charge in [-0.1, -0.05) is 68.8 Å². The van der Waals surface area contributed by atoms with Crippen molar-refractivity contribution in [1.29, 1.82) is 0 Å². The van der Waals surface area contributed by atoms with Gasteiger partial charge in [-0.25, -0.2) is 4.39 Å². The predicted octanol–water partition coefficient (Wildman–Crippen LogP) is 7.19. The average molecular weight is 435 g/mol. The highest BCUT2D eigenvalue weighted by Crippen LogP contribution is 2.31. The van der Waals surface area contributed by atoms with Gasteiger partial charge < -0.3 is 9.47 Å². The summed E-state index contributed by atoms with van der Waals surface area (Å²) >= 11 is 0. The van der Waals surface area contributed by atoms with Crippen molar-refractivity contribution in [3.63, 3.8) is 0 Å². The molecule has 0 N–H and O–H groups in total. The molecule has 3 rings (SSSR count). The molecule has 0 aromatic heterocycles. The van der Waals surface area contributed by atoms with Crippen LogP contribution >= 0.6 is 0 Å². The Hall–Kier alpha value is -3.14. The summed E-state index contributed by atoms with van der Waals surface area (Å²) in [5.74, 6) is 0.130. The van der Waals surface area contributed by atoms with E-state index in [1.165, 1.54) is 6.07 Å². The SMILES string of the molecule is COc1cc(CCCC(C)C)ccc1OC(=O)C(C)c1ccc(-c2ccccc2)c(F)c1. The molecule has 3 aromatic carbocycles. The molecule has 1 unspecified atom stereocenters. The van der Waals surface area contributed by atoms with Gasteiger partial charge in [0.1, 0.15) is 5.82 Å². The van der Waals surface area contributed by atoms with Gasteiger partial charge in [-0.3, -0.25) is 4.79 Å². The summed E-state index contributed by atoms with van der Waals surface area (Å²) in [6, 6.07) is 19.9. The maximum Gasteiger partial charge on any atom is 0.318 e. The minimum absolute atomic E-state index is 0.364. The van der Waals surface area contributed by atoms with E-state index < -0.39 is 11.9 Å². The zero-order valence-corrected chi connectivity index (χ0v) is 19.2. The van der Waals surface area contributed by atoms with Crippen LogP contribution in [0.4, 0.5) is 4.39 Å². The molecule has 0 amide bonds. The first-order valence-electron chi connectivity index (χ1n) is 11.1. The Morgan fingerprint density at radius 1 is 0.938 bits per heavy atom. The van der Waals surface area contributed by atoms with Crippen LogP contribution < -0.4 is 9.47 Å². The lowest BCUT2D eigenvalue weighted by Gasteiger charge is -2.15. The zero-order chi connectivity index (χ0) is 23.1. The third-order valence-electron chi connectivity index (χ3n) is 5.62. The molecule has 3 nitrogen and oxygen atoms in total. The summed E-state index contributed by atoms with van der Waals surface area (Å²) in [6.07, 6.45) is 3.21. The molecule has 1 atom stereocenters. The van der Waals surface area contributed by atoms with Gasteiger partial charge in [0.15, 0.2) is 11.5 Å². The molecule has 0 fully saturated rings. The van der Waals surface area contributed by atoms with Gasteiger partial charge in [0.25, 0.3) is 0 Å². The molecule has 3 aromatic rings. The summed E-state index contributed by atoms with van der Waals surface area (Å²) in [5.41, 5.74) is 3.01. The van der Waals surface area contributed by atoms with Crippen LogP contribution in [0.5, 0.6) is 11.5 Å². The average Bonchev–Trinajstić information content (AvgIpc) is 2.79. The normalized spacial score (nSPS) is 11.9. The Labute approximate surface area is 190 Å². The second kappa shape index (κ2) is 10.9. The monoisotopic (exact) mass is 434 g/mol. The van der Waals surface area contributed by atoms with Gasteiger partial charge in [0, 0.05) is 5.56 Å². The highest BCUT2D eigenvalue weighted by Gasteiger charge is 2.21. The lowest BCUT2D eigenvalue weighted by Crippen LogP contribution is -2.17. The van der Waals surface area contributed by atoms with E-state index in [1.54, 1.807) is 32.2 Å². The Bertz CT molecular complexity index is 1040. The number of hydrogen-bond donors (Lipinski definition) is 0. The Morgan fingerprint density at radius 2 is 1.69 bits per heavy atom. The molecule has 0 saturated carbocycles. The van der Waals surface area contributed by atoms with Crippen LogP contribution in [0.25, 0.3) is 11.1 Å². The van der Waals surface area contributed by atoms with Gasteiger partial charge in [0.2, 0.25) is 0 Å². The smallest absolute Gasteiger partial charge is 0.318 e. The highest BCUT2D eigenvalue weighted by molar-refractivity contribution is 5.81. The predicted molar refractivity (Wildman–Crippen MR) is 127 cm³/mol. The van der Waals surface area contributed by atoms with Crippen LogP contribution in [0.1, 0.15) is 50.7 Å². The van der Waals surface area contributed by atoms with Crippen LogP contribution in [-0.4, -0.2) is 13.1 Å². The first kappa shape index (κ1) is 23.5. The fraction of sp³-hybridized carbons (Fsp3) is 0.321. The zero-order valence-electron chi connectivity index (χ0n) is 19.2. The molecule has 32 heavy (non-hydrogen) atoms. The van der Waals surface area contributed by atoms with Gasteiger partial charge in [-0.15, -0.1) is 0 Å². The largest absolute Gasteiger partial charge is 0.493 e. The molecule has 168 valence electrons. The van der Waals surface area contributed by atoms with E-state index in [2.05, 4.69) is 13.8 Å². The number of rotatable bonds is 9. The molecule has 0 aliphatic heterocycles. The Balaban J connectivity index is 1.70. The van der Waals surface area contributed by atoms with Crippen molar-refractivity contribution in [2.75, 3.05) is 7.11 Å². The molecule has 0 spiro atoms. The van der Waals surface area contributed by atoms with Crippen molar-refractivity contribution in [2.45, 2.75) is 46.0 Å². The summed E-state index contributed by atoms with van der Waals surface area (Å²) < 4.78 is 25.8. The van der Waals surface area contributed by atoms with E-state index in [9.17, 15) is 9.18 Å². The van der Waals surface area contributed by atoms with Crippen molar-refractivity contribution in [2.24, 2.45) is 5.92 Å². The number of benzene rings is 3. The number of halogens is 1. The fourth-order valence-corrected chi connectivity index (χ4v) is 3.65. The first-order chi connectivity index (χ1) is 15.4. The topological polar surface area (TPSA) is 35.5 Å². The molecule has 0 radical (unpaired) electrons. The molecule has 0 saturated heterocycles. The van der Waals surface area contributed by atoms with E-state index in [-0.39, 0.29) is 5.82 Å². The van der Waals surface area contributed by atoms with E-state index in [0.29, 0.717) is 28.5 Å². The van der Waals surface area contributed by atoms with E-state index in [1.807, 2.05) is 42.5 Å². The number of methoxy groups -OCH3 is 1. The van der Waals surface area contributed by atoms with Crippen molar-refractivity contribution in [3.05, 3.63) is 83.7 Å². The van der Waals surface area contributed by atoms with Crippen LogP contribution in [0.15, 0.2) is 66.7 Å². The van der Waals surface area contributed by atoms with Crippen molar-refractivity contribution < 1.29 is 18.7 Å². The summed E-state index contributed by atoms with van der Waals surface area (Å²) in [7, 11) is 1.56. The number of esters is 1. The summed E-state index contributed by atoms with van der Waals surface area (Å²) in [4.78, 5) is 12.8. The molecule has 0 heterocycles. The van der Waals surface area contributed by atoms with Gasteiger partial charge in [-0.2, -0.15) is 0 Å². The molecular formula is C28H31FO3. The third-order valence-corrected chi connectivity index (χ3v) is 5.62. The Morgan fingerprint density at radius 3 is 2.34 bits per heavy atom. The molecule has 0 bridgehead atoms. The lowest BCUT2D eigenvalue weighted by molar-refractivity contribution is -0.135. The van der Waals surface area contributed by atoms with Crippen LogP contribution in [-0.2, 0) is 11.2 Å². The fourth-order valence-electron chi connectivity index (χ4n) is 3.65. The van der Waals surface area contributed by atoms with Crippen molar-refractivity contribution in [3.8, 4) is 22.6 Å². The molecule has 0 aliphatic rings. The van der Waals surface area contributed by atoms with Gasteiger partial charge in [0.05, 0.1) is 13.0 Å². The van der Waals surface area contributed by atoms with Crippen molar-refractivity contribution in [1.82, 2.24) is 0 Å². The highest BCUT2D eigenvalue weighted by atomic mass is 19.1. The van der Waals surface area contributed by atoms with E-state index >= 15 is 0 Å². The minimum Gasteiger partial charge on any atom is -0.493 e. The second-order valence-electron chi connectivity index (χ2n) is 8.52. The lowest BCUT2D eigenvalue weighted by atomic mass is 9.97. The van der Waals surface area contributed by atoms with Gasteiger partial charge >= 0.3 is 5.97 Å². The number of ether oxygens (including phenoxy) is 2. The quantitative estimate of drug-likeness (QED) is 0.264. The summed E-state index contributed by atoms with van der Waals surface area (Å²) in [5, 5.41) is 0. The van der Waals surface area contributed by atoms with E-state index in [4.69, 9.17) is 9.47 Å². The van der Waals surface area contributed by atoms with Gasteiger partial charge in [-0.05, 0) is 60.6 Å². The molecule has 0 aliphatic carbocycles. The number of carbonyl (C=O) groups excluding carboxylic acids is 1. The standard InChI is InChI=1S/C28H31FO3/c1-19(2)9-8-10-21-13-16-26(27(17-21)31-4)32-28(30)20(3)23-14-15-24(25(29)18-23)22-11-6-5-7-12-22/h5-7,11-20H,8-10H2,1-4H3. The van der Waals surface area contributed by atoms with Crippen molar-refractivity contribution >= 4 is 5.97 Å². The minimum atomic E-state index is -0.621. The van der Waals surface area contributed by atoms with E-state index in [0.717, 1.165) is 30.4 Å². The second-order valence-corrected chi connectivity index (χ2v) is 8.52. The number of carbonyl (C=O) groups is 1. The molecule has 4 heteroatoms. The third kappa shape index (κ3) is 5.97. The number of aryl methyl sites for hydroxylation is 1.